The van der Waals surface area contributed by atoms with E-state index in [1.165, 1.54) is 30.3 Å². The van der Waals surface area contributed by atoms with Crippen molar-refractivity contribution in [3.8, 4) is 11.1 Å². The van der Waals surface area contributed by atoms with Crippen LogP contribution in [0.4, 0.5) is 5.82 Å². The van der Waals surface area contributed by atoms with Crippen LogP contribution in [0, 0.1) is 0 Å². The summed E-state index contributed by atoms with van der Waals surface area (Å²) in [5, 5.41) is 3.19. The van der Waals surface area contributed by atoms with Crippen LogP contribution in [0.25, 0.3) is 11.1 Å². The first-order valence-corrected chi connectivity index (χ1v) is 12.1. The lowest BCUT2D eigenvalue weighted by Gasteiger charge is -2.09. The van der Waals surface area contributed by atoms with Crippen LogP contribution >= 0.6 is 0 Å². The standard InChI is InChI=1S/C19H20N2O.C6H13NO.C2H5N.C2H6/c1-4-14(2)15(3)11-20-19-9-8-18(12-21-19)17-7-5-6-16(10-17)13-22;1-7-3-2-5-8-6-4-7;1-2-3;1-2/h4-13H,1-3H3,(H,20,21);2-6H2,1H3;2H,1,3H2;1-2H3/b14-4+,15-11+;;;. The van der Waals surface area contributed by atoms with Gasteiger partial charge in [-0.2, -0.15) is 0 Å². The number of carbonyl (C=O) groups is 1. The van der Waals surface area contributed by atoms with Gasteiger partial charge < -0.3 is 20.7 Å². The van der Waals surface area contributed by atoms with Crippen LogP contribution in [-0.4, -0.2) is 49.5 Å². The van der Waals surface area contributed by atoms with Gasteiger partial charge >= 0.3 is 0 Å². The number of nitrogens with zero attached hydrogens (tertiary/aromatic N) is 2. The maximum Gasteiger partial charge on any atom is 0.150 e. The number of allylic oxidation sites excluding steroid dienone is 3. The molecule has 1 fully saturated rings. The molecule has 3 N–H and O–H groups in total. The van der Waals surface area contributed by atoms with Gasteiger partial charge in [0.1, 0.15) is 12.1 Å². The van der Waals surface area contributed by atoms with Crippen molar-refractivity contribution in [3.63, 3.8) is 0 Å². The van der Waals surface area contributed by atoms with E-state index in [0.717, 1.165) is 43.0 Å². The maximum atomic E-state index is 10.8. The van der Waals surface area contributed by atoms with Gasteiger partial charge in [0, 0.05) is 43.2 Å². The molecule has 0 saturated carbocycles. The van der Waals surface area contributed by atoms with Crippen molar-refractivity contribution in [1.29, 1.82) is 0 Å². The van der Waals surface area contributed by atoms with Crippen molar-refractivity contribution in [2.45, 2.75) is 41.0 Å². The number of nitrogens with two attached hydrogens (primary N) is 1. The average molecular weight is 481 g/mol. The van der Waals surface area contributed by atoms with Crippen LogP contribution in [0.1, 0.15) is 51.4 Å². The number of carbonyl (C=O) groups excluding carboxylic acids is 1. The van der Waals surface area contributed by atoms with Crippen LogP contribution in [0.2, 0.25) is 0 Å². The molecule has 2 aromatic rings. The molecule has 2 heterocycles. The Morgan fingerprint density at radius 2 is 1.83 bits per heavy atom. The van der Waals surface area contributed by atoms with Gasteiger partial charge in [0.2, 0.25) is 0 Å². The van der Waals surface area contributed by atoms with E-state index in [1.54, 1.807) is 12.3 Å². The second-order valence-corrected chi connectivity index (χ2v) is 7.62. The zero-order valence-electron chi connectivity index (χ0n) is 22.4. The van der Waals surface area contributed by atoms with Crippen LogP contribution in [0.3, 0.4) is 0 Å². The number of benzene rings is 1. The largest absolute Gasteiger partial charge is 0.405 e. The van der Waals surface area contributed by atoms with Crippen molar-refractivity contribution in [2.75, 3.05) is 38.7 Å². The Morgan fingerprint density at radius 1 is 1.11 bits per heavy atom. The van der Waals surface area contributed by atoms with Crippen LogP contribution in [0.15, 0.2) is 78.8 Å². The molecule has 0 unspecified atom stereocenters. The van der Waals surface area contributed by atoms with Gasteiger partial charge in [-0.15, -0.1) is 0 Å². The summed E-state index contributed by atoms with van der Waals surface area (Å²) >= 11 is 0. The number of likely N-dealkylation sites (N-methyl/N-ethyl adjacent to an activating group) is 1. The molecule has 0 atom stereocenters. The lowest BCUT2D eigenvalue weighted by Crippen LogP contribution is -2.20. The topological polar surface area (TPSA) is 80.5 Å². The number of rotatable bonds is 5. The Kier molecular flexibility index (Phi) is 18.3. The number of nitrogens with one attached hydrogen (secondary N) is 1. The normalized spacial score (nSPS) is 13.9. The van der Waals surface area contributed by atoms with E-state index >= 15 is 0 Å². The van der Waals surface area contributed by atoms with Crippen molar-refractivity contribution >= 4 is 12.1 Å². The molecule has 0 amide bonds. The van der Waals surface area contributed by atoms with Crippen LogP contribution in [-0.2, 0) is 4.74 Å². The fraction of sp³-hybridized carbons (Fsp3) is 0.379. The molecule has 0 bridgehead atoms. The van der Waals surface area contributed by atoms with Gasteiger partial charge in [0.15, 0.2) is 0 Å². The lowest BCUT2D eigenvalue weighted by molar-refractivity contribution is 0.112. The molecule has 0 radical (unpaired) electrons. The average Bonchev–Trinajstić information content (AvgIpc) is 3.16. The van der Waals surface area contributed by atoms with Gasteiger partial charge in [-0.3, -0.25) is 4.79 Å². The van der Waals surface area contributed by atoms with Crippen LogP contribution < -0.4 is 11.1 Å². The van der Waals surface area contributed by atoms with E-state index in [1.807, 2.05) is 57.3 Å². The van der Waals surface area contributed by atoms with Gasteiger partial charge in [-0.1, -0.05) is 50.3 Å². The number of aldehydes is 1. The van der Waals surface area contributed by atoms with E-state index in [4.69, 9.17) is 4.74 Å². The first-order chi connectivity index (χ1) is 16.9. The molecule has 192 valence electrons. The molecule has 35 heavy (non-hydrogen) atoms. The molecule has 1 saturated heterocycles. The molecule has 1 aliphatic heterocycles. The summed E-state index contributed by atoms with van der Waals surface area (Å²) in [6.07, 6.45) is 9.12. The monoisotopic (exact) mass is 480 g/mol. The van der Waals surface area contributed by atoms with Crippen molar-refractivity contribution < 1.29 is 9.53 Å². The highest BCUT2D eigenvalue weighted by atomic mass is 16.5. The first-order valence-electron chi connectivity index (χ1n) is 12.1. The molecular weight excluding hydrogens is 436 g/mol. The number of anilines is 1. The van der Waals surface area contributed by atoms with Crippen molar-refractivity contribution in [3.05, 3.63) is 84.4 Å². The molecule has 0 aliphatic carbocycles. The highest BCUT2D eigenvalue weighted by molar-refractivity contribution is 5.78. The second-order valence-electron chi connectivity index (χ2n) is 7.62. The molecule has 1 aliphatic rings. The molecule has 1 aromatic carbocycles. The third-order valence-corrected chi connectivity index (χ3v) is 5.06. The smallest absolute Gasteiger partial charge is 0.150 e. The number of pyridine rings is 1. The van der Waals surface area contributed by atoms with E-state index in [9.17, 15) is 4.79 Å². The van der Waals surface area contributed by atoms with Gasteiger partial charge in [0.05, 0.1) is 6.61 Å². The third-order valence-electron chi connectivity index (χ3n) is 5.06. The lowest BCUT2D eigenvalue weighted by atomic mass is 10.1. The van der Waals surface area contributed by atoms with Crippen molar-refractivity contribution in [2.24, 2.45) is 5.73 Å². The van der Waals surface area contributed by atoms with Gasteiger partial charge in [-0.25, -0.2) is 4.98 Å². The quantitative estimate of drug-likeness (QED) is 0.386. The highest BCUT2D eigenvalue weighted by Gasteiger charge is 2.02. The minimum Gasteiger partial charge on any atom is -0.405 e. The molecular formula is C29H44N4O2. The molecule has 6 heteroatoms. The summed E-state index contributed by atoms with van der Waals surface area (Å²) in [7, 11) is 2.13. The van der Waals surface area contributed by atoms with Gasteiger partial charge in [-0.05, 0) is 69.8 Å². The summed E-state index contributed by atoms with van der Waals surface area (Å²) in [5.41, 5.74) is 9.65. The number of aromatic nitrogens is 1. The molecule has 1 aromatic heterocycles. The number of hydrogen-bond acceptors (Lipinski definition) is 6. The Labute approximate surface area is 212 Å². The highest BCUT2D eigenvalue weighted by Crippen LogP contribution is 2.20. The summed E-state index contributed by atoms with van der Waals surface area (Å²) in [4.78, 5) is 17.5. The zero-order chi connectivity index (χ0) is 26.5. The molecule has 6 nitrogen and oxygen atoms in total. The summed E-state index contributed by atoms with van der Waals surface area (Å²) in [6, 6.07) is 11.4. The van der Waals surface area contributed by atoms with E-state index < -0.39 is 0 Å². The summed E-state index contributed by atoms with van der Waals surface area (Å²) < 4.78 is 5.22. The predicted molar refractivity (Wildman–Crippen MR) is 151 cm³/mol. The minimum absolute atomic E-state index is 0.667. The fourth-order valence-corrected chi connectivity index (χ4v) is 2.84. The van der Waals surface area contributed by atoms with E-state index in [2.05, 4.69) is 54.5 Å². The molecule has 0 spiro atoms. The number of hydrogen-bond donors (Lipinski definition) is 2. The first kappa shape index (κ1) is 31.8. The fourth-order valence-electron chi connectivity index (χ4n) is 2.84. The van der Waals surface area contributed by atoms with Crippen molar-refractivity contribution in [1.82, 2.24) is 9.88 Å². The minimum atomic E-state index is 0.667. The zero-order valence-corrected chi connectivity index (χ0v) is 22.4. The van der Waals surface area contributed by atoms with E-state index in [-0.39, 0.29) is 0 Å². The summed E-state index contributed by atoms with van der Waals surface area (Å²) in [5.74, 6) is 0.790. The summed E-state index contributed by atoms with van der Waals surface area (Å²) in [6.45, 7) is 17.4. The Balaban J connectivity index is 0.000000734. The predicted octanol–water partition coefficient (Wildman–Crippen LogP) is 6.30. The van der Waals surface area contributed by atoms with Crippen LogP contribution in [0.5, 0.6) is 0 Å². The van der Waals surface area contributed by atoms with E-state index in [0.29, 0.717) is 5.56 Å². The third kappa shape index (κ3) is 13.9. The second kappa shape index (κ2) is 20.2. The maximum absolute atomic E-state index is 10.8. The Morgan fingerprint density at radius 3 is 2.43 bits per heavy atom. The van der Waals surface area contributed by atoms with Gasteiger partial charge in [0.25, 0.3) is 0 Å². The Hall–Kier alpha value is -3.22. The number of ether oxygens (including phenoxy) is 1. The molecule has 3 rings (SSSR count). The Bertz CT molecular complexity index is 897. The SMILES string of the molecule is C/C=C(C)/C(C)=C/Nc1ccc(-c2cccc(C=O)c2)cn1.C=CN.CC.CN1CCCOCC1.